The first kappa shape index (κ1) is 14.5. The first-order chi connectivity index (χ1) is 9.88. The molecule has 0 aliphatic carbocycles. The molecule has 0 aliphatic rings. The lowest BCUT2D eigenvalue weighted by atomic mass is 10.1. The lowest BCUT2D eigenvalue weighted by Gasteiger charge is -2.10. The number of nitrogens with one attached hydrogen (secondary N) is 1. The summed E-state index contributed by atoms with van der Waals surface area (Å²) in [4.78, 5) is 22.5. The van der Waals surface area contributed by atoms with Crippen LogP contribution in [0.15, 0.2) is 36.4 Å². The largest absolute Gasteiger partial charge is 0.508 e. The summed E-state index contributed by atoms with van der Waals surface area (Å²) in [5.74, 6) is -0.835. The van der Waals surface area contributed by atoms with Crippen LogP contribution in [0.3, 0.4) is 0 Å². The molecule has 0 fully saturated rings. The molecule has 0 bridgehead atoms. The molecule has 0 atom stereocenters. The zero-order chi connectivity index (χ0) is 15.6. The van der Waals surface area contributed by atoms with Gasteiger partial charge in [0.1, 0.15) is 11.3 Å². The standard InChI is InChI=1S/C15H14N2O4/c1-9-3-4-10(2)13(7-9)16-15(19)12-8-11(18)5-6-14(12)17(20)21/h3-8,18H,1-2H3,(H,16,19). The molecule has 2 N–H and O–H groups in total. The van der Waals surface area contributed by atoms with Crippen molar-refractivity contribution in [3.05, 3.63) is 63.2 Å². The Kier molecular flexibility index (Phi) is 3.89. The lowest BCUT2D eigenvalue weighted by Crippen LogP contribution is -2.14. The Balaban J connectivity index is 2.39. The van der Waals surface area contributed by atoms with Crippen LogP contribution >= 0.6 is 0 Å². The van der Waals surface area contributed by atoms with E-state index < -0.39 is 10.8 Å². The van der Waals surface area contributed by atoms with Crippen LogP contribution in [-0.2, 0) is 0 Å². The number of phenols is 1. The number of aromatic hydroxyl groups is 1. The van der Waals surface area contributed by atoms with E-state index in [-0.39, 0.29) is 17.0 Å². The summed E-state index contributed by atoms with van der Waals surface area (Å²) in [5.41, 5.74) is 1.85. The van der Waals surface area contributed by atoms with Crippen molar-refractivity contribution in [2.75, 3.05) is 5.32 Å². The highest BCUT2D eigenvalue weighted by molar-refractivity contribution is 6.07. The van der Waals surface area contributed by atoms with Crippen LogP contribution < -0.4 is 5.32 Å². The zero-order valence-corrected chi connectivity index (χ0v) is 11.6. The molecule has 0 heterocycles. The van der Waals surface area contributed by atoms with Crippen LogP contribution in [0.2, 0.25) is 0 Å². The van der Waals surface area contributed by atoms with Gasteiger partial charge >= 0.3 is 0 Å². The van der Waals surface area contributed by atoms with Gasteiger partial charge in [-0.25, -0.2) is 0 Å². The maximum absolute atomic E-state index is 12.2. The third kappa shape index (κ3) is 3.17. The van der Waals surface area contributed by atoms with E-state index in [2.05, 4.69) is 5.32 Å². The van der Waals surface area contributed by atoms with Gasteiger partial charge in [-0.3, -0.25) is 14.9 Å². The number of benzene rings is 2. The molecular weight excluding hydrogens is 272 g/mol. The monoisotopic (exact) mass is 286 g/mol. The van der Waals surface area contributed by atoms with Gasteiger partial charge in [-0.1, -0.05) is 12.1 Å². The van der Waals surface area contributed by atoms with E-state index in [1.54, 1.807) is 6.07 Å². The van der Waals surface area contributed by atoms with E-state index in [1.807, 2.05) is 26.0 Å². The quantitative estimate of drug-likeness (QED) is 0.669. The number of carbonyl (C=O) groups is 1. The molecule has 0 aromatic heterocycles. The molecular formula is C15H14N2O4. The van der Waals surface area contributed by atoms with E-state index in [4.69, 9.17) is 0 Å². The van der Waals surface area contributed by atoms with Gasteiger partial charge in [-0.15, -0.1) is 0 Å². The number of hydrogen-bond acceptors (Lipinski definition) is 4. The van der Waals surface area contributed by atoms with Gasteiger partial charge in [0.05, 0.1) is 4.92 Å². The Morgan fingerprint density at radius 3 is 2.57 bits per heavy atom. The molecule has 0 radical (unpaired) electrons. The number of anilines is 1. The Morgan fingerprint density at radius 2 is 1.90 bits per heavy atom. The maximum atomic E-state index is 12.2. The van der Waals surface area contributed by atoms with Gasteiger partial charge in [-0.2, -0.15) is 0 Å². The highest BCUT2D eigenvalue weighted by Crippen LogP contribution is 2.25. The van der Waals surface area contributed by atoms with Crippen molar-refractivity contribution in [3.8, 4) is 5.75 Å². The summed E-state index contributed by atoms with van der Waals surface area (Å²) in [6, 6.07) is 8.89. The molecule has 2 aromatic carbocycles. The average Bonchev–Trinajstić information content (AvgIpc) is 2.42. The molecule has 21 heavy (non-hydrogen) atoms. The minimum atomic E-state index is -0.655. The van der Waals surface area contributed by atoms with Crippen LogP contribution in [0.5, 0.6) is 5.75 Å². The van der Waals surface area contributed by atoms with Crippen LogP contribution in [-0.4, -0.2) is 15.9 Å². The van der Waals surface area contributed by atoms with Crippen molar-refractivity contribution >= 4 is 17.3 Å². The third-order valence-corrected chi connectivity index (χ3v) is 3.06. The van der Waals surface area contributed by atoms with Crippen molar-refractivity contribution in [1.82, 2.24) is 0 Å². The summed E-state index contributed by atoms with van der Waals surface area (Å²) in [6.07, 6.45) is 0. The second-order valence-electron chi connectivity index (χ2n) is 4.73. The minimum absolute atomic E-state index is 0.180. The van der Waals surface area contributed by atoms with E-state index in [9.17, 15) is 20.0 Å². The predicted molar refractivity (Wildman–Crippen MR) is 78.6 cm³/mol. The van der Waals surface area contributed by atoms with Crippen molar-refractivity contribution in [1.29, 1.82) is 0 Å². The predicted octanol–water partition coefficient (Wildman–Crippen LogP) is 3.17. The minimum Gasteiger partial charge on any atom is -0.508 e. The van der Waals surface area contributed by atoms with E-state index in [0.29, 0.717) is 5.69 Å². The average molecular weight is 286 g/mol. The molecule has 108 valence electrons. The number of nitrogens with zero attached hydrogens (tertiary/aromatic N) is 1. The van der Waals surface area contributed by atoms with Crippen molar-refractivity contribution in [2.45, 2.75) is 13.8 Å². The van der Waals surface area contributed by atoms with Crippen LogP contribution in [0.25, 0.3) is 0 Å². The Morgan fingerprint density at radius 1 is 1.19 bits per heavy atom. The molecule has 0 unspecified atom stereocenters. The second-order valence-corrected chi connectivity index (χ2v) is 4.73. The normalized spacial score (nSPS) is 10.2. The van der Waals surface area contributed by atoms with Gasteiger partial charge in [0.25, 0.3) is 11.6 Å². The SMILES string of the molecule is Cc1ccc(C)c(NC(=O)c2cc(O)ccc2[N+](=O)[O-])c1. The van der Waals surface area contributed by atoms with Crippen molar-refractivity contribution in [2.24, 2.45) is 0 Å². The van der Waals surface area contributed by atoms with Gasteiger partial charge in [0.2, 0.25) is 0 Å². The summed E-state index contributed by atoms with van der Waals surface area (Å²) < 4.78 is 0. The summed E-state index contributed by atoms with van der Waals surface area (Å²) in [5, 5.41) is 23.0. The number of rotatable bonds is 3. The van der Waals surface area contributed by atoms with Crippen molar-refractivity contribution < 1.29 is 14.8 Å². The Hall–Kier alpha value is -2.89. The summed E-state index contributed by atoms with van der Waals surface area (Å²) in [7, 11) is 0. The topological polar surface area (TPSA) is 92.5 Å². The second kappa shape index (κ2) is 5.62. The molecule has 0 saturated heterocycles. The van der Waals surface area contributed by atoms with Crippen LogP contribution in [0.4, 0.5) is 11.4 Å². The van der Waals surface area contributed by atoms with Crippen LogP contribution in [0, 0.1) is 24.0 Å². The number of carbonyl (C=O) groups excluding carboxylic acids is 1. The highest BCUT2D eigenvalue weighted by Gasteiger charge is 2.21. The number of nitro benzene ring substituents is 1. The van der Waals surface area contributed by atoms with Gasteiger partial charge < -0.3 is 10.4 Å². The molecule has 2 aromatic rings. The van der Waals surface area contributed by atoms with Gasteiger partial charge in [0, 0.05) is 11.8 Å². The number of amides is 1. The fraction of sp³-hybridized carbons (Fsp3) is 0.133. The number of aryl methyl sites for hydroxylation is 2. The Labute approximate surface area is 121 Å². The number of hydrogen-bond donors (Lipinski definition) is 2. The molecule has 0 saturated carbocycles. The summed E-state index contributed by atoms with van der Waals surface area (Å²) >= 11 is 0. The van der Waals surface area contributed by atoms with E-state index in [0.717, 1.165) is 23.3 Å². The number of phenolic OH excluding ortho intramolecular Hbond substituents is 1. The molecule has 1 amide bonds. The van der Waals surface area contributed by atoms with E-state index >= 15 is 0 Å². The first-order valence-electron chi connectivity index (χ1n) is 6.24. The number of nitro groups is 1. The molecule has 6 nitrogen and oxygen atoms in total. The molecule has 0 aliphatic heterocycles. The fourth-order valence-corrected chi connectivity index (χ4v) is 1.93. The maximum Gasteiger partial charge on any atom is 0.282 e. The first-order valence-corrected chi connectivity index (χ1v) is 6.24. The molecule has 2 rings (SSSR count). The highest BCUT2D eigenvalue weighted by atomic mass is 16.6. The van der Waals surface area contributed by atoms with Gasteiger partial charge in [-0.05, 0) is 43.2 Å². The molecule has 0 spiro atoms. The third-order valence-electron chi connectivity index (χ3n) is 3.06. The molecule has 6 heteroatoms. The lowest BCUT2D eigenvalue weighted by molar-refractivity contribution is -0.385. The summed E-state index contributed by atoms with van der Waals surface area (Å²) in [6.45, 7) is 3.71. The zero-order valence-electron chi connectivity index (χ0n) is 11.6. The fourth-order valence-electron chi connectivity index (χ4n) is 1.93. The smallest absolute Gasteiger partial charge is 0.282 e. The van der Waals surface area contributed by atoms with Gasteiger partial charge in [0.15, 0.2) is 0 Å². The Bertz CT molecular complexity index is 726. The van der Waals surface area contributed by atoms with Crippen LogP contribution in [0.1, 0.15) is 21.5 Å². The van der Waals surface area contributed by atoms with Crippen molar-refractivity contribution in [3.63, 3.8) is 0 Å². The van der Waals surface area contributed by atoms with E-state index in [1.165, 1.54) is 6.07 Å².